The zero-order valence-corrected chi connectivity index (χ0v) is 14.3. The summed E-state index contributed by atoms with van der Waals surface area (Å²) in [6, 6.07) is 9.41. The number of nitrogens with zero attached hydrogens (tertiary/aromatic N) is 3. The van der Waals surface area contributed by atoms with Crippen LogP contribution in [0.15, 0.2) is 34.8 Å². The molecular weight excluding hydrogens is 360 g/mol. The van der Waals surface area contributed by atoms with E-state index in [0.717, 1.165) is 15.7 Å². The monoisotopic (exact) mass is 376 g/mol. The minimum atomic E-state index is -0.104. The predicted molar refractivity (Wildman–Crippen MR) is 90.9 cm³/mol. The maximum atomic E-state index is 12.3. The Kier molecular flexibility index (Phi) is 4.88. The number of amides is 1. The van der Waals surface area contributed by atoms with Crippen molar-refractivity contribution in [3.05, 3.63) is 46.1 Å². The molecule has 0 bridgehead atoms. The molecule has 0 radical (unpaired) electrons. The number of benzene rings is 1. The fourth-order valence-electron chi connectivity index (χ4n) is 2.35. The Bertz CT molecular complexity index is 700. The first-order valence-electron chi connectivity index (χ1n) is 7.37. The second-order valence-corrected chi connectivity index (χ2v) is 6.21. The van der Waals surface area contributed by atoms with Crippen molar-refractivity contribution in [1.82, 2.24) is 15.1 Å². The highest BCUT2D eigenvalue weighted by molar-refractivity contribution is 9.10. The fourth-order valence-corrected chi connectivity index (χ4v) is 2.82. The Labute approximate surface area is 143 Å². The van der Waals surface area contributed by atoms with Crippen LogP contribution < -0.4 is 5.32 Å². The van der Waals surface area contributed by atoms with Gasteiger partial charge in [0.15, 0.2) is 11.5 Å². The van der Waals surface area contributed by atoms with Crippen LogP contribution in [-0.2, 0) is 4.74 Å². The first kappa shape index (κ1) is 15.9. The van der Waals surface area contributed by atoms with E-state index in [1.165, 1.54) is 0 Å². The number of hydrogen-bond acceptors (Lipinski definition) is 5. The van der Waals surface area contributed by atoms with E-state index in [0.29, 0.717) is 37.8 Å². The van der Waals surface area contributed by atoms with E-state index < -0.39 is 0 Å². The quantitative estimate of drug-likeness (QED) is 0.891. The smallest absolute Gasteiger partial charge is 0.274 e. The number of hydrogen-bond donors (Lipinski definition) is 1. The summed E-state index contributed by atoms with van der Waals surface area (Å²) in [5, 5.41) is 11.4. The van der Waals surface area contributed by atoms with Crippen molar-refractivity contribution in [3.8, 4) is 0 Å². The summed E-state index contributed by atoms with van der Waals surface area (Å²) in [6.45, 7) is 4.34. The van der Waals surface area contributed by atoms with E-state index in [1.54, 1.807) is 17.0 Å². The number of halogens is 1. The number of aryl methyl sites for hydroxylation is 1. The molecule has 1 aromatic heterocycles. The van der Waals surface area contributed by atoms with Crippen molar-refractivity contribution in [3.63, 3.8) is 0 Å². The molecule has 1 saturated heterocycles. The summed E-state index contributed by atoms with van der Waals surface area (Å²) in [5.41, 5.74) is 2.40. The van der Waals surface area contributed by atoms with Crippen LogP contribution in [0.25, 0.3) is 0 Å². The third kappa shape index (κ3) is 3.86. The number of nitrogens with one attached hydrogen (secondary N) is 1. The summed E-state index contributed by atoms with van der Waals surface area (Å²) in [6.07, 6.45) is 0. The van der Waals surface area contributed by atoms with Gasteiger partial charge in [0.1, 0.15) is 0 Å². The molecule has 1 aliphatic heterocycles. The highest BCUT2D eigenvalue weighted by Crippen LogP contribution is 2.22. The van der Waals surface area contributed by atoms with Gasteiger partial charge in [0, 0.05) is 23.2 Å². The number of carbonyl (C=O) groups is 1. The summed E-state index contributed by atoms with van der Waals surface area (Å²) >= 11 is 3.44. The van der Waals surface area contributed by atoms with Gasteiger partial charge in [0.25, 0.3) is 5.91 Å². The first-order valence-corrected chi connectivity index (χ1v) is 8.17. The Balaban J connectivity index is 1.70. The second kappa shape index (κ2) is 7.06. The maximum absolute atomic E-state index is 12.3. The molecule has 3 rings (SSSR count). The molecule has 0 spiro atoms. The second-order valence-electron chi connectivity index (χ2n) is 5.29. The average Bonchev–Trinajstić information content (AvgIpc) is 2.58. The van der Waals surface area contributed by atoms with Crippen LogP contribution in [0, 0.1) is 6.92 Å². The van der Waals surface area contributed by atoms with Gasteiger partial charge in [-0.1, -0.05) is 15.9 Å². The number of morpholine rings is 1. The van der Waals surface area contributed by atoms with Crippen molar-refractivity contribution >= 4 is 33.3 Å². The number of ether oxygens (including phenoxy) is 1. The zero-order valence-electron chi connectivity index (χ0n) is 12.8. The van der Waals surface area contributed by atoms with Gasteiger partial charge in [0.2, 0.25) is 0 Å². The van der Waals surface area contributed by atoms with Gasteiger partial charge >= 0.3 is 0 Å². The zero-order chi connectivity index (χ0) is 16.2. The molecule has 1 aliphatic rings. The van der Waals surface area contributed by atoms with Crippen LogP contribution in [0.5, 0.6) is 0 Å². The summed E-state index contributed by atoms with van der Waals surface area (Å²) in [7, 11) is 0. The SMILES string of the molecule is Cc1cc(Br)ccc1Nc1ccc(C(=O)N2CCOCC2)nn1. The largest absolute Gasteiger partial charge is 0.378 e. The molecule has 6 nitrogen and oxygen atoms in total. The lowest BCUT2D eigenvalue weighted by atomic mass is 10.2. The van der Waals surface area contributed by atoms with Gasteiger partial charge in [-0.2, -0.15) is 0 Å². The molecule has 2 heterocycles. The standard InChI is InChI=1S/C16H17BrN4O2/c1-11-10-12(17)2-3-13(11)18-15-5-4-14(19-20-15)16(22)21-6-8-23-9-7-21/h2-5,10H,6-9H2,1H3,(H,18,20). The van der Waals surface area contributed by atoms with Crippen LogP contribution in [0.1, 0.15) is 16.1 Å². The Hall–Kier alpha value is -1.99. The lowest BCUT2D eigenvalue weighted by Crippen LogP contribution is -2.41. The van der Waals surface area contributed by atoms with Crippen LogP contribution >= 0.6 is 15.9 Å². The topological polar surface area (TPSA) is 67.4 Å². The predicted octanol–water partition coefficient (Wildman–Crippen LogP) is 2.76. The van der Waals surface area contributed by atoms with Crippen LogP contribution in [0.4, 0.5) is 11.5 Å². The third-order valence-corrected chi connectivity index (χ3v) is 4.13. The molecule has 7 heteroatoms. The number of anilines is 2. The highest BCUT2D eigenvalue weighted by atomic mass is 79.9. The molecule has 23 heavy (non-hydrogen) atoms. The van der Waals surface area contributed by atoms with Gasteiger partial charge in [-0.15, -0.1) is 10.2 Å². The van der Waals surface area contributed by atoms with Crippen molar-refractivity contribution < 1.29 is 9.53 Å². The minimum Gasteiger partial charge on any atom is -0.378 e. The summed E-state index contributed by atoms with van der Waals surface area (Å²) < 4.78 is 6.27. The van der Waals surface area contributed by atoms with Gasteiger partial charge in [0.05, 0.1) is 13.2 Å². The fraction of sp³-hybridized carbons (Fsp3) is 0.312. The molecule has 2 aromatic rings. The lowest BCUT2D eigenvalue weighted by molar-refractivity contribution is 0.0298. The average molecular weight is 377 g/mol. The Morgan fingerprint density at radius 1 is 1.22 bits per heavy atom. The number of carbonyl (C=O) groups excluding carboxylic acids is 1. The molecule has 1 N–H and O–H groups in total. The first-order chi connectivity index (χ1) is 11.1. The molecule has 0 saturated carbocycles. The minimum absolute atomic E-state index is 0.104. The van der Waals surface area contributed by atoms with Crippen molar-refractivity contribution in [2.24, 2.45) is 0 Å². The van der Waals surface area contributed by atoms with Crippen LogP contribution in [-0.4, -0.2) is 47.3 Å². The number of rotatable bonds is 3. The molecule has 1 fully saturated rings. The van der Waals surface area contributed by atoms with E-state index >= 15 is 0 Å². The Morgan fingerprint density at radius 2 is 2.00 bits per heavy atom. The van der Waals surface area contributed by atoms with E-state index in [1.807, 2.05) is 25.1 Å². The lowest BCUT2D eigenvalue weighted by Gasteiger charge is -2.26. The third-order valence-electron chi connectivity index (χ3n) is 3.63. The van der Waals surface area contributed by atoms with E-state index in [4.69, 9.17) is 4.74 Å². The summed E-state index contributed by atoms with van der Waals surface area (Å²) in [4.78, 5) is 14.0. The van der Waals surface area contributed by atoms with E-state index in [-0.39, 0.29) is 5.91 Å². The molecular formula is C16H17BrN4O2. The number of aromatic nitrogens is 2. The van der Waals surface area contributed by atoms with E-state index in [2.05, 4.69) is 31.4 Å². The van der Waals surface area contributed by atoms with Gasteiger partial charge < -0.3 is 15.0 Å². The van der Waals surface area contributed by atoms with Crippen molar-refractivity contribution in [2.75, 3.05) is 31.6 Å². The molecule has 0 atom stereocenters. The molecule has 120 valence electrons. The highest BCUT2D eigenvalue weighted by Gasteiger charge is 2.19. The normalized spacial score (nSPS) is 14.6. The van der Waals surface area contributed by atoms with Gasteiger partial charge in [-0.05, 0) is 42.8 Å². The molecule has 1 aromatic carbocycles. The summed E-state index contributed by atoms with van der Waals surface area (Å²) in [5.74, 6) is 0.501. The van der Waals surface area contributed by atoms with Crippen molar-refractivity contribution in [2.45, 2.75) is 6.92 Å². The van der Waals surface area contributed by atoms with Crippen molar-refractivity contribution in [1.29, 1.82) is 0 Å². The van der Waals surface area contributed by atoms with Gasteiger partial charge in [-0.3, -0.25) is 4.79 Å². The van der Waals surface area contributed by atoms with Crippen LogP contribution in [0.3, 0.4) is 0 Å². The molecule has 0 unspecified atom stereocenters. The Morgan fingerprint density at radius 3 is 2.65 bits per heavy atom. The van der Waals surface area contributed by atoms with Crippen LogP contribution in [0.2, 0.25) is 0 Å². The maximum Gasteiger partial charge on any atom is 0.274 e. The molecule has 1 amide bonds. The van der Waals surface area contributed by atoms with E-state index in [9.17, 15) is 4.79 Å². The molecule has 0 aliphatic carbocycles. The van der Waals surface area contributed by atoms with Gasteiger partial charge in [-0.25, -0.2) is 0 Å².